The first-order valence-corrected chi connectivity index (χ1v) is 6.64. The molecule has 6 nitrogen and oxygen atoms in total. The predicted molar refractivity (Wildman–Crippen MR) is 76.6 cm³/mol. The SMILES string of the molecule is COc1ccc2c(c1)C(=O)C(=O)N2CCn1ccnc1C. The first-order chi connectivity index (χ1) is 10.1. The normalized spacial score (nSPS) is 13.7. The number of benzene rings is 1. The third kappa shape index (κ3) is 2.18. The van der Waals surface area contributed by atoms with Crippen molar-refractivity contribution in [2.24, 2.45) is 0 Å². The summed E-state index contributed by atoms with van der Waals surface area (Å²) in [5.74, 6) is 0.479. The van der Waals surface area contributed by atoms with Crippen LogP contribution in [0.15, 0.2) is 30.6 Å². The molecule has 21 heavy (non-hydrogen) atoms. The summed E-state index contributed by atoms with van der Waals surface area (Å²) in [5, 5.41) is 0. The highest BCUT2D eigenvalue weighted by atomic mass is 16.5. The van der Waals surface area contributed by atoms with Crippen molar-refractivity contribution in [3.8, 4) is 5.75 Å². The van der Waals surface area contributed by atoms with E-state index in [1.807, 2.05) is 17.7 Å². The number of imidazole rings is 1. The number of ketones is 1. The van der Waals surface area contributed by atoms with E-state index in [4.69, 9.17) is 4.74 Å². The second-order valence-corrected chi connectivity index (χ2v) is 4.84. The van der Waals surface area contributed by atoms with Crippen LogP contribution < -0.4 is 9.64 Å². The Labute approximate surface area is 122 Å². The van der Waals surface area contributed by atoms with Gasteiger partial charge in [0, 0.05) is 25.5 Å². The Hall–Kier alpha value is -2.63. The molecule has 0 aliphatic carbocycles. The standard InChI is InChI=1S/C15H15N3O3/c1-10-16-5-6-17(10)7-8-18-13-4-3-11(21-2)9-12(13)14(19)15(18)20/h3-6,9H,7-8H2,1-2H3. The lowest BCUT2D eigenvalue weighted by atomic mass is 10.1. The number of ether oxygens (including phenoxy) is 1. The Morgan fingerprint density at radius 1 is 1.24 bits per heavy atom. The topological polar surface area (TPSA) is 64.4 Å². The summed E-state index contributed by atoms with van der Waals surface area (Å²) in [4.78, 5) is 29.8. The van der Waals surface area contributed by atoms with E-state index >= 15 is 0 Å². The van der Waals surface area contributed by atoms with Crippen molar-refractivity contribution in [2.75, 3.05) is 18.6 Å². The van der Waals surface area contributed by atoms with Gasteiger partial charge < -0.3 is 14.2 Å². The van der Waals surface area contributed by atoms with E-state index in [2.05, 4.69) is 4.98 Å². The number of anilines is 1. The number of hydrogen-bond acceptors (Lipinski definition) is 4. The monoisotopic (exact) mass is 285 g/mol. The number of aryl methyl sites for hydroxylation is 1. The molecular weight excluding hydrogens is 270 g/mol. The van der Waals surface area contributed by atoms with Crippen molar-refractivity contribution in [1.82, 2.24) is 9.55 Å². The molecule has 108 valence electrons. The summed E-state index contributed by atoms with van der Waals surface area (Å²) in [6, 6.07) is 5.11. The minimum Gasteiger partial charge on any atom is -0.497 e. The first-order valence-electron chi connectivity index (χ1n) is 6.64. The molecule has 2 aromatic rings. The number of carbonyl (C=O) groups is 2. The third-order valence-electron chi connectivity index (χ3n) is 3.67. The van der Waals surface area contributed by atoms with Crippen LogP contribution in [0, 0.1) is 6.92 Å². The first kappa shape index (κ1) is 13.4. The van der Waals surface area contributed by atoms with Gasteiger partial charge in [0.1, 0.15) is 11.6 Å². The molecule has 0 atom stereocenters. The zero-order chi connectivity index (χ0) is 15.0. The average Bonchev–Trinajstić information content (AvgIpc) is 3.00. The summed E-state index contributed by atoms with van der Waals surface area (Å²) >= 11 is 0. The van der Waals surface area contributed by atoms with Gasteiger partial charge in [0.25, 0.3) is 11.7 Å². The predicted octanol–water partition coefficient (Wildman–Crippen LogP) is 1.43. The van der Waals surface area contributed by atoms with Crippen LogP contribution in [0.5, 0.6) is 5.75 Å². The van der Waals surface area contributed by atoms with Gasteiger partial charge in [-0.05, 0) is 25.1 Å². The van der Waals surface area contributed by atoms with E-state index in [0.717, 1.165) is 5.82 Å². The molecule has 1 aromatic carbocycles. The maximum absolute atomic E-state index is 12.1. The molecule has 3 rings (SSSR count). The highest BCUT2D eigenvalue weighted by molar-refractivity contribution is 6.52. The summed E-state index contributed by atoms with van der Waals surface area (Å²) in [6.45, 7) is 2.92. The molecule has 1 aliphatic rings. The van der Waals surface area contributed by atoms with Crippen molar-refractivity contribution in [2.45, 2.75) is 13.5 Å². The van der Waals surface area contributed by atoms with Gasteiger partial charge in [0.2, 0.25) is 0 Å². The van der Waals surface area contributed by atoms with E-state index in [1.54, 1.807) is 24.4 Å². The summed E-state index contributed by atoms with van der Waals surface area (Å²) < 4.78 is 7.04. The molecule has 0 N–H and O–H groups in total. The highest BCUT2D eigenvalue weighted by Gasteiger charge is 2.35. The molecule has 0 unspecified atom stereocenters. The van der Waals surface area contributed by atoms with Crippen LogP contribution >= 0.6 is 0 Å². The van der Waals surface area contributed by atoms with Crippen LogP contribution in [0.25, 0.3) is 0 Å². The molecule has 0 radical (unpaired) electrons. The number of Topliss-reactive ketones (excluding diaryl/α,β-unsaturated/α-hetero) is 1. The molecule has 1 amide bonds. The Balaban J connectivity index is 1.86. The quantitative estimate of drug-likeness (QED) is 0.797. The number of amides is 1. The van der Waals surface area contributed by atoms with Crippen molar-refractivity contribution in [1.29, 1.82) is 0 Å². The molecule has 2 heterocycles. The number of aromatic nitrogens is 2. The minimum atomic E-state index is -0.490. The summed E-state index contributed by atoms with van der Waals surface area (Å²) in [7, 11) is 1.53. The average molecular weight is 285 g/mol. The lowest BCUT2D eigenvalue weighted by molar-refractivity contribution is -0.114. The van der Waals surface area contributed by atoms with E-state index in [1.165, 1.54) is 12.0 Å². The van der Waals surface area contributed by atoms with E-state index in [9.17, 15) is 9.59 Å². The third-order valence-corrected chi connectivity index (χ3v) is 3.67. The number of carbonyl (C=O) groups excluding carboxylic acids is 2. The van der Waals surface area contributed by atoms with Gasteiger partial charge in [-0.1, -0.05) is 0 Å². The molecular formula is C15H15N3O3. The van der Waals surface area contributed by atoms with Crippen molar-refractivity contribution < 1.29 is 14.3 Å². The van der Waals surface area contributed by atoms with Crippen molar-refractivity contribution in [3.05, 3.63) is 42.0 Å². The van der Waals surface area contributed by atoms with Crippen LogP contribution in [0.2, 0.25) is 0 Å². The van der Waals surface area contributed by atoms with Gasteiger partial charge in [-0.25, -0.2) is 4.98 Å². The van der Waals surface area contributed by atoms with Crippen molar-refractivity contribution in [3.63, 3.8) is 0 Å². The lowest BCUT2D eigenvalue weighted by Gasteiger charge is -2.17. The Morgan fingerprint density at radius 3 is 2.71 bits per heavy atom. The highest BCUT2D eigenvalue weighted by Crippen LogP contribution is 2.31. The fourth-order valence-electron chi connectivity index (χ4n) is 2.48. The van der Waals surface area contributed by atoms with Gasteiger partial charge in [-0.3, -0.25) is 9.59 Å². The maximum Gasteiger partial charge on any atom is 0.299 e. The van der Waals surface area contributed by atoms with Crippen molar-refractivity contribution >= 4 is 17.4 Å². The number of methoxy groups -OCH3 is 1. The molecule has 1 aliphatic heterocycles. The van der Waals surface area contributed by atoms with Gasteiger partial charge in [0.15, 0.2) is 0 Å². The number of nitrogens with zero attached hydrogens (tertiary/aromatic N) is 3. The van der Waals surface area contributed by atoms with Gasteiger partial charge in [-0.2, -0.15) is 0 Å². The summed E-state index contributed by atoms with van der Waals surface area (Å²) in [5.41, 5.74) is 1.05. The molecule has 0 spiro atoms. The lowest BCUT2D eigenvalue weighted by Crippen LogP contribution is -2.32. The Kier molecular flexibility index (Phi) is 3.21. The second kappa shape index (κ2) is 5.05. The second-order valence-electron chi connectivity index (χ2n) is 4.84. The molecule has 0 saturated carbocycles. The van der Waals surface area contributed by atoms with Crippen LogP contribution in [-0.2, 0) is 11.3 Å². The molecule has 0 bridgehead atoms. The Morgan fingerprint density at radius 2 is 2.05 bits per heavy atom. The zero-order valence-corrected chi connectivity index (χ0v) is 11.9. The fraction of sp³-hybridized carbons (Fsp3) is 0.267. The van der Waals surface area contributed by atoms with Crippen LogP contribution in [0.1, 0.15) is 16.2 Å². The molecule has 1 aromatic heterocycles. The van der Waals surface area contributed by atoms with E-state index in [0.29, 0.717) is 30.1 Å². The van der Waals surface area contributed by atoms with Crippen LogP contribution in [-0.4, -0.2) is 34.9 Å². The number of hydrogen-bond donors (Lipinski definition) is 0. The zero-order valence-electron chi connectivity index (χ0n) is 11.9. The molecule has 0 fully saturated rings. The smallest absolute Gasteiger partial charge is 0.299 e. The molecule has 0 saturated heterocycles. The van der Waals surface area contributed by atoms with Gasteiger partial charge in [-0.15, -0.1) is 0 Å². The van der Waals surface area contributed by atoms with Gasteiger partial charge in [0.05, 0.1) is 18.4 Å². The van der Waals surface area contributed by atoms with Crippen LogP contribution in [0.4, 0.5) is 5.69 Å². The maximum atomic E-state index is 12.1. The largest absolute Gasteiger partial charge is 0.497 e. The van der Waals surface area contributed by atoms with Gasteiger partial charge >= 0.3 is 0 Å². The fourth-order valence-corrected chi connectivity index (χ4v) is 2.48. The number of rotatable bonds is 4. The minimum absolute atomic E-state index is 0.404. The van der Waals surface area contributed by atoms with E-state index in [-0.39, 0.29) is 0 Å². The summed E-state index contributed by atoms with van der Waals surface area (Å²) in [6.07, 6.45) is 3.57. The van der Waals surface area contributed by atoms with Crippen LogP contribution in [0.3, 0.4) is 0 Å². The molecule has 6 heteroatoms. The Bertz CT molecular complexity index is 721. The number of fused-ring (bicyclic) bond motifs is 1. The van der Waals surface area contributed by atoms with E-state index < -0.39 is 11.7 Å².